The molecule has 0 heterocycles. The molecule has 0 aromatic rings. The molecule has 204 valence electrons. The summed E-state index contributed by atoms with van der Waals surface area (Å²) in [5, 5.41) is 0. The number of halogens is 18. The lowest BCUT2D eigenvalue weighted by Crippen LogP contribution is -2.50. The van der Waals surface area contributed by atoms with Crippen molar-refractivity contribution in [2.75, 3.05) is 19.8 Å². The molecule has 0 fully saturated rings. The highest BCUT2D eigenvalue weighted by Gasteiger charge is 2.60. The van der Waals surface area contributed by atoms with E-state index in [0.717, 1.165) is 0 Å². The van der Waals surface area contributed by atoms with E-state index in [0.29, 0.717) is 0 Å². The summed E-state index contributed by atoms with van der Waals surface area (Å²) in [6, 6.07) is 0. The second-order valence-corrected chi connectivity index (χ2v) is 6.22. The number of alkyl halides is 18. The lowest BCUT2D eigenvalue weighted by Gasteiger charge is -2.27. The minimum absolute atomic E-state index is 2.95. The molecule has 0 aliphatic rings. The van der Waals surface area contributed by atoms with Crippen molar-refractivity contribution in [1.29, 1.82) is 0 Å². The van der Waals surface area contributed by atoms with Gasteiger partial charge in [-0.05, 0) is 0 Å². The van der Waals surface area contributed by atoms with E-state index in [9.17, 15) is 79.0 Å². The Hall–Kier alpha value is -1.32. The van der Waals surface area contributed by atoms with E-state index in [1.807, 2.05) is 0 Å². The highest BCUT2D eigenvalue weighted by molar-refractivity contribution is 6.36. The molecule has 0 N–H and O–H groups in total. The van der Waals surface area contributed by atoms with Gasteiger partial charge in [0.05, 0.1) is 0 Å². The molecule has 0 spiro atoms. The van der Waals surface area contributed by atoms with Gasteiger partial charge in [-0.2, -0.15) is 39.5 Å². The molecule has 0 aromatic heterocycles. The van der Waals surface area contributed by atoms with Crippen LogP contribution in [0, 0.1) is 0 Å². The highest BCUT2D eigenvalue weighted by atomic mass is 19.4. The maximum atomic E-state index is 13.1. The van der Waals surface area contributed by atoms with Gasteiger partial charge >= 0.3 is 43.6 Å². The largest absolute Gasteiger partial charge is 0.640 e. The van der Waals surface area contributed by atoms with Crippen LogP contribution in [-0.4, -0.2) is 82.0 Å². The van der Waals surface area contributed by atoms with Gasteiger partial charge in [0.25, 0.3) is 18.5 Å². The Balaban J connectivity index is 5.56. The molecule has 0 saturated heterocycles. The van der Waals surface area contributed by atoms with Crippen LogP contribution in [0.4, 0.5) is 79.0 Å². The first-order valence-corrected chi connectivity index (χ1v) is 7.86. The van der Waals surface area contributed by atoms with E-state index in [2.05, 4.69) is 14.0 Å². The summed E-state index contributed by atoms with van der Waals surface area (Å²) in [5.74, 6) is -17.0. The normalized spacial score (nSPS) is 17.5. The zero-order chi connectivity index (χ0) is 27.6. The summed E-state index contributed by atoms with van der Waals surface area (Å²) >= 11 is 0. The standard InChI is InChI=1S/C12H9BF18O3/c14-4(10(23,24)25)7(17,18)1-32-13(33-2-8(19,20)5(15)11(26,27)28)34-3-9(21,22)6(16)12(29,30)31/h4-6H,1-3H2/t4-,5-,6-/m0/s1. The third kappa shape index (κ3) is 9.74. The molecule has 34 heavy (non-hydrogen) atoms. The Bertz CT molecular complexity index is 546. The van der Waals surface area contributed by atoms with E-state index < -0.39 is 82.0 Å². The summed E-state index contributed by atoms with van der Waals surface area (Å²) in [6.07, 6.45) is -34.1. The monoisotopic (exact) mass is 554 g/mol. The smallest absolute Gasteiger partial charge is 0.379 e. The Labute approximate surface area is 176 Å². The minimum atomic E-state index is -6.30. The van der Waals surface area contributed by atoms with Gasteiger partial charge in [0.2, 0.25) is 0 Å². The average Bonchev–Trinajstić information content (AvgIpc) is 2.63. The van der Waals surface area contributed by atoms with Crippen molar-refractivity contribution in [3.8, 4) is 0 Å². The molecule has 0 bridgehead atoms. The van der Waals surface area contributed by atoms with Gasteiger partial charge in [0.1, 0.15) is 19.8 Å². The zero-order valence-electron chi connectivity index (χ0n) is 15.5. The zero-order valence-corrected chi connectivity index (χ0v) is 15.5. The molecule has 0 radical (unpaired) electrons. The van der Waals surface area contributed by atoms with Crippen LogP contribution in [0.1, 0.15) is 0 Å². The first-order chi connectivity index (χ1) is 14.7. The van der Waals surface area contributed by atoms with Crippen LogP contribution < -0.4 is 0 Å². The number of rotatable bonds is 12. The van der Waals surface area contributed by atoms with Crippen molar-refractivity contribution in [3.63, 3.8) is 0 Å². The summed E-state index contributed by atoms with van der Waals surface area (Å²) < 4.78 is 235. The molecular weight excluding hydrogens is 545 g/mol. The molecule has 0 aromatic carbocycles. The second-order valence-electron chi connectivity index (χ2n) is 6.22. The maximum absolute atomic E-state index is 13.1. The molecule has 22 heteroatoms. The predicted molar refractivity (Wildman–Crippen MR) is 71.3 cm³/mol. The molecule has 0 unspecified atom stereocenters. The first kappa shape index (κ1) is 32.7. The summed E-state index contributed by atoms with van der Waals surface area (Å²) in [7, 11) is -3.70. The van der Waals surface area contributed by atoms with Crippen LogP contribution in [0.3, 0.4) is 0 Å². The van der Waals surface area contributed by atoms with Crippen molar-refractivity contribution >= 4 is 7.32 Å². The fourth-order valence-corrected chi connectivity index (χ4v) is 1.62. The molecule has 0 amide bonds. The molecule has 3 atom stereocenters. The molecule has 0 rings (SSSR count). The van der Waals surface area contributed by atoms with Crippen LogP contribution in [-0.2, 0) is 14.0 Å². The Morgan fingerprint density at radius 1 is 0.412 bits per heavy atom. The third-order valence-electron chi connectivity index (χ3n) is 3.21. The van der Waals surface area contributed by atoms with E-state index in [-0.39, 0.29) is 0 Å². The minimum Gasteiger partial charge on any atom is -0.379 e. The first-order valence-electron chi connectivity index (χ1n) is 7.86. The van der Waals surface area contributed by atoms with Crippen LogP contribution in [0.5, 0.6) is 0 Å². The van der Waals surface area contributed by atoms with Crippen molar-refractivity contribution in [1.82, 2.24) is 0 Å². The maximum Gasteiger partial charge on any atom is 0.640 e. The van der Waals surface area contributed by atoms with E-state index >= 15 is 0 Å². The van der Waals surface area contributed by atoms with Gasteiger partial charge in [-0.15, -0.1) is 0 Å². The molecule has 0 aliphatic carbocycles. The summed E-state index contributed by atoms with van der Waals surface area (Å²) in [6.45, 7) is -8.86. The van der Waals surface area contributed by atoms with E-state index in [1.165, 1.54) is 0 Å². The lowest BCUT2D eigenvalue weighted by atomic mass is 10.1. The van der Waals surface area contributed by atoms with E-state index in [1.54, 1.807) is 0 Å². The summed E-state index contributed by atoms with van der Waals surface area (Å²) in [4.78, 5) is 0. The number of hydrogen-bond donors (Lipinski definition) is 0. The number of hydrogen-bond acceptors (Lipinski definition) is 3. The van der Waals surface area contributed by atoms with Crippen molar-refractivity contribution in [2.45, 2.75) is 54.8 Å². The predicted octanol–water partition coefficient (Wildman–Crippen LogP) is 5.63. The van der Waals surface area contributed by atoms with Crippen LogP contribution >= 0.6 is 0 Å². The van der Waals surface area contributed by atoms with Crippen LogP contribution in [0.15, 0.2) is 0 Å². The summed E-state index contributed by atoms with van der Waals surface area (Å²) in [5.41, 5.74) is 0. The van der Waals surface area contributed by atoms with Crippen molar-refractivity contribution in [2.24, 2.45) is 0 Å². The van der Waals surface area contributed by atoms with Gasteiger partial charge in [-0.25, -0.2) is 39.5 Å². The Morgan fingerprint density at radius 3 is 0.735 bits per heavy atom. The Kier molecular flexibility index (Phi) is 10.3. The van der Waals surface area contributed by atoms with Gasteiger partial charge in [-0.3, -0.25) is 0 Å². The molecular formula is C12H9BF18O3. The van der Waals surface area contributed by atoms with Crippen LogP contribution in [0.25, 0.3) is 0 Å². The highest BCUT2D eigenvalue weighted by Crippen LogP contribution is 2.38. The van der Waals surface area contributed by atoms with Gasteiger partial charge in [-0.1, -0.05) is 0 Å². The molecule has 0 saturated carbocycles. The third-order valence-corrected chi connectivity index (χ3v) is 3.21. The lowest BCUT2D eigenvalue weighted by molar-refractivity contribution is -0.258. The van der Waals surface area contributed by atoms with Gasteiger partial charge < -0.3 is 14.0 Å². The topological polar surface area (TPSA) is 27.7 Å². The van der Waals surface area contributed by atoms with E-state index in [4.69, 9.17) is 0 Å². The second kappa shape index (κ2) is 10.7. The fraction of sp³-hybridized carbons (Fsp3) is 1.00. The molecule has 3 nitrogen and oxygen atoms in total. The quantitative estimate of drug-likeness (QED) is 0.232. The molecule has 0 aliphatic heterocycles. The fourth-order valence-electron chi connectivity index (χ4n) is 1.62. The van der Waals surface area contributed by atoms with Gasteiger partial charge in [0, 0.05) is 0 Å². The average molecular weight is 554 g/mol. The SMILES string of the molecule is F[C@H](C(F)(F)F)C(F)(F)COB(OCC(F)(F)[C@H](F)C(F)(F)F)OCC(F)(F)[C@H](F)C(F)(F)F. The van der Waals surface area contributed by atoms with Crippen LogP contribution in [0.2, 0.25) is 0 Å². The van der Waals surface area contributed by atoms with Crippen molar-refractivity contribution in [3.05, 3.63) is 0 Å². The van der Waals surface area contributed by atoms with Crippen molar-refractivity contribution < 1.29 is 93.0 Å². The van der Waals surface area contributed by atoms with Gasteiger partial charge in [0.15, 0.2) is 0 Å². The Morgan fingerprint density at radius 2 is 0.588 bits per heavy atom.